The largest absolute Gasteiger partial charge is 0.493 e. The van der Waals surface area contributed by atoms with Crippen LogP contribution in [0.15, 0.2) is 46.9 Å². The van der Waals surface area contributed by atoms with Gasteiger partial charge in [-0.25, -0.2) is 0 Å². The molecule has 23 heavy (non-hydrogen) atoms. The van der Waals surface area contributed by atoms with Gasteiger partial charge in [-0.05, 0) is 36.4 Å². The Hall–Kier alpha value is -1.72. The molecule has 0 saturated heterocycles. The van der Waals surface area contributed by atoms with Crippen LogP contribution in [0.3, 0.4) is 0 Å². The van der Waals surface area contributed by atoms with Crippen molar-refractivity contribution in [3.8, 4) is 11.5 Å². The first-order chi connectivity index (χ1) is 11.1. The normalized spacial score (nSPS) is 16.2. The second-order valence-electron chi connectivity index (χ2n) is 5.19. The molecule has 4 nitrogen and oxygen atoms in total. The zero-order valence-corrected chi connectivity index (χ0v) is 14.6. The van der Waals surface area contributed by atoms with Gasteiger partial charge in [0.15, 0.2) is 6.61 Å². The molecule has 0 aromatic heterocycles. The minimum absolute atomic E-state index is 0.0545. The lowest BCUT2D eigenvalue weighted by molar-refractivity contribution is -0.124. The van der Waals surface area contributed by atoms with Crippen LogP contribution in [0.4, 0.5) is 0 Å². The Morgan fingerprint density at radius 2 is 2.22 bits per heavy atom. The average molecular weight is 397 g/mol. The molecule has 1 aliphatic rings. The smallest absolute Gasteiger partial charge is 0.258 e. The molecule has 0 saturated carbocycles. The fraction of sp³-hybridized carbons (Fsp3) is 0.235. The number of nitrogens with one attached hydrogen (secondary N) is 1. The van der Waals surface area contributed by atoms with Gasteiger partial charge in [-0.1, -0.05) is 33.6 Å². The van der Waals surface area contributed by atoms with Crippen LogP contribution in [-0.4, -0.2) is 19.1 Å². The summed E-state index contributed by atoms with van der Waals surface area (Å²) in [5.74, 6) is 1.20. The van der Waals surface area contributed by atoms with Gasteiger partial charge < -0.3 is 14.8 Å². The number of rotatable bonds is 4. The molecule has 1 amide bonds. The van der Waals surface area contributed by atoms with E-state index < -0.39 is 0 Å². The number of carbonyl (C=O) groups is 1. The topological polar surface area (TPSA) is 47.6 Å². The molecular formula is C17H15BrClNO3. The summed E-state index contributed by atoms with van der Waals surface area (Å²) >= 11 is 9.33. The molecule has 6 heteroatoms. The third-order valence-corrected chi connectivity index (χ3v) is 4.24. The highest BCUT2D eigenvalue weighted by molar-refractivity contribution is 9.10. The van der Waals surface area contributed by atoms with E-state index in [1.165, 1.54) is 0 Å². The molecule has 0 fully saturated rings. The Morgan fingerprint density at radius 1 is 1.35 bits per heavy atom. The Balaban J connectivity index is 1.62. The molecule has 3 rings (SSSR count). The fourth-order valence-electron chi connectivity index (χ4n) is 2.46. The highest BCUT2D eigenvalue weighted by atomic mass is 79.9. The summed E-state index contributed by atoms with van der Waals surface area (Å²) in [5.41, 5.74) is 0.974. The number of benzene rings is 2. The van der Waals surface area contributed by atoms with Gasteiger partial charge in [-0.2, -0.15) is 0 Å². The maximum Gasteiger partial charge on any atom is 0.258 e. The maximum absolute atomic E-state index is 12.1. The molecule has 0 radical (unpaired) electrons. The molecule has 1 unspecified atom stereocenters. The van der Waals surface area contributed by atoms with E-state index in [9.17, 15) is 4.79 Å². The van der Waals surface area contributed by atoms with Gasteiger partial charge in [0.2, 0.25) is 0 Å². The van der Waals surface area contributed by atoms with Crippen LogP contribution >= 0.6 is 27.5 Å². The minimum atomic E-state index is -0.178. The predicted octanol–water partition coefficient (Wildman–Crippen LogP) is 4.12. The summed E-state index contributed by atoms with van der Waals surface area (Å²) in [6.07, 6.45) is 0.729. The number of hydrogen-bond acceptors (Lipinski definition) is 3. The number of ether oxygens (including phenoxy) is 2. The summed E-state index contributed by atoms with van der Waals surface area (Å²) in [4.78, 5) is 12.1. The minimum Gasteiger partial charge on any atom is -0.493 e. The van der Waals surface area contributed by atoms with Crippen molar-refractivity contribution in [2.45, 2.75) is 12.5 Å². The Kier molecular flexibility index (Phi) is 5.08. The van der Waals surface area contributed by atoms with Gasteiger partial charge in [0.25, 0.3) is 5.91 Å². The second-order valence-corrected chi connectivity index (χ2v) is 6.54. The Labute approximate surface area is 147 Å². The van der Waals surface area contributed by atoms with Gasteiger partial charge in [0.05, 0.1) is 12.6 Å². The van der Waals surface area contributed by atoms with E-state index in [4.69, 9.17) is 21.1 Å². The number of amides is 1. The number of fused-ring (bicyclic) bond motifs is 1. The Morgan fingerprint density at radius 3 is 3.04 bits per heavy atom. The fourth-order valence-corrected chi connectivity index (χ4v) is 3.02. The summed E-state index contributed by atoms with van der Waals surface area (Å²) in [6.45, 7) is 0.524. The number of halogens is 2. The molecule has 1 heterocycles. The quantitative estimate of drug-likeness (QED) is 0.845. The molecule has 0 bridgehead atoms. The lowest BCUT2D eigenvalue weighted by Gasteiger charge is -2.27. The van der Waals surface area contributed by atoms with E-state index in [0.717, 1.165) is 22.2 Å². The van der Waals surface area contributed by atoms with Crippen molar-refractivity contribution in [1.29, 1.82) is 0 Å². The highest BCUT2D eigenvalue weighted by Crippen LogP contribution is 2.34. The van der Waals surface area contributed by atoms with E-state index in [-0.39, 0.29) is 18.6 Å². The summed E-state index contributed by atoms with van der Waals surface area (Å²) in [5, 5.41) is 3.56. The van der Waals surface area contributed by atoms with Gasteiger partial charge >= 0.3 is 0 Å². The van der Waals surface area contributed by atoms with Crippen molar-refractivity contribution in [3.05, 3.63) is 57.5 Å². The first-order valence-corrected chi connectivity index (χ1v) is 8.39. The van der Waals surface area contributed by atoms with Crippen LogP contribution in [0.2, 0.25) is 5.02 Å². The molecule has 1 aliphatic heterocycles. The van der Waals surface area contributed by atoms with Gasteiger partial charge in [0.1, 0.15) is 11.5 Å². The van der Waals surface area contributed by atoms with E-state index in [2.05, 4.69) is 21.2 Å². The number of carbonyl (C=O) groups excluding carboxylic acids is 1. The molecule has 2 aromatic carbocycles. The van der Waals surface area contributed by atoms with Crippen LogP contribution in [0.25, 0.3) is 0 Å². The summed E-state index contributed by atoms with van der Waals surface area (Å²) in [7, 11) is 0. The highest BCUT2D eigenvalue weighted by Gasteiger charge is 2.23. The third-order valence-electron chi connectivity index (χ3n) is 3.51. The second kappa shape index (κ2) is 7.23. The molecule has 1 N–H and O–H groups in total. The van der Waals surface area contributed by atoms with E-state index in [1.54, 1.807) is 24.3 Å². The zero-order chi connectivity index (χ0) is 16.2. The Bertz CT molecular complexity index is 723. The summed E-state index contributed by atoms with van der Waals surface area (Å²) < 4.78 is 12.0. The summed E-state index contributed by atoms with van der Waals surface area (Å²) in [6, 6.07) is 12.7. The molecule has 0 aliphatic carbocycles. The van der Waals surface area contributed by atoms with Gasteiger partial charge in [-0.15, -0.1) is 0 Å². The SMILES string of the molecule is O=C(COc1cccc(Cl)c1)NC1CCOc2ccc(Br)cc21. The monoisotopic (exact) mass is 395 g/mol. The molecule has 120 valence electrons. The van der Waals surface area contributed by atoms with Crippen molar-refractivity contribution in [2.24, 2.45) is 0 Å². The lowest BCUT2D eigenvalue weighted by Crippen LogP contribution is -2.35. The van der Waals surface area contributed by atoms with E-state index in [0.29, 0.717) is 17.4 Å². The van der Waals surface area contributed by atoms with Crippen LogP contribution in [0.1, 0.15) is 18.0 Å². The zero-order valence-electron chi connectivity index (χ0n) is 12.2. The molecule has 0 spiro atoms. The van der Waals surface area contributed by atoms with Crippen LogP contribution in [0, 0.1) is 0 Å². The van der Waals surface area contributed by atoms with Crippen molar-refractivity contribution in [1.82, 2.24) is 5.32 Å². The predicted molar refractivity (Wildman–Crippen MR) is 92.1 cm³/mol. The lowest BCUT2D eigenvalue weighted by atomic mass is 10.0. The van der Waals surface area contributed by atoms with Crippen molar-refractivity contribution >= 4 is 33.4 Å². The van der Waals surface area contributed by atoms with Crippen LogP contribution in [-0.2, 0) is 4.79 Å². The van der Waals surface area contributed by atoms with Crippen LogP contribution in [0.5, 0.6) is 11.5 Å². The molecule has 2 aromatic rings. The first-order valence-electron chi connectivity index (χ1n) is 7.22. The first kappa shape index (κ1) is 16.1. The molecular weight excluding hydrogens is 382 g/mol. The molecule has 1 atom stereocenters. The number of hydrogen-bond donors (Lipinski definition) is 1. The van der Waals surface area contributed by atoms with Crippen molar-refractivity contribution < 1.29 is 14.3 Å². The average Bonchev–Trinajstić information content (AvgIpc) is 2.54. The van der Waals surface area contributed by atoms with Gasteiger partial charge in [-0.3, -0.25) is 4.79 Å². The third kappa shape index (κ3) is 4.18. The van der Waals surface area contributed by atoms with E-state index in [1.807, 2.05) is 18.2 Å². The standard InChI is InChI=1S/C17H15BrClNO3/c18-11-4-5-16-14(8-11)15(6-7-22-16)20-17(21)10-23-13-3-1-2-12(19)9-13/h1-5,8-9,15H,6-7,10H2,(H,20,21). The van der Waals surface area contributed by atoms with Gasteiger partial charge in [0, 0.05) is 21.5 Å². The van der Waals surface area contributed by atoms with Crippen molar-refractivity contribution in [2.75, 3.05) is 13.2 Å². The maximum atomic E-state index is 12.1. The van der Waals surface area contributed by atoms with Crippen LogP contribution < -0.4 is 14.8 Å². The van der Waals surface area contributed by atoms with E-state index >= 15 is 0 Å². The van der Waals surface area contributed by atoms with Crippen molar-refractivity contribution in [3.63, 3.8) is 0 Å².